The van der Waals surface area contributed by atoms with Gasteiger partial charge in [0.2, 0.25) is 0 Å². The molecule has 0 aliphatic heterocycles. The van der Waals surface area contributed by atoms with Gasteiger partial charge in [-0.15, -0.1) is 0 Å². The van der Waals surface area contributed by atoms with Crippen LogP contribution in [0.1, 0.15) is 74.9 Å². The second-order valence-electron chi connectivity index (χ2n) is 10.2. The van der Waals surface area contributed by atoms with E-state index >= 15 is 0 Å². The van der Waals surface area contributed by atoms with Crippen LogP contribution in [0.5, 0.6) is 0 Å². The highest BCUT2D eigenvalue weighted by molar-refractivity contribution is 6.60. The van der Waals surface area contributed by atoms with Crippen molar-refractivity contribution in [2.24, 2.45) is 0 Å². The normalized spacial score (nSPS) is 17.4. The van der Waals surface area contributed by atoms with E-state index in [4.69, 9.17) is 0 Å². The van der Waals surface area contributed by atoms with Crippen LogP contribution in [0.4, 0.5) is 0 Å². The van der Waals surface area contributed by atoms with Gasteiger partial charge in [0.15, 0.2) is 0 Å². The van der Waals surface area contributed by atoms with Gasteiger partial charge in [0.1, 0.15) is 0 Å². The third-order valence-electron chi connectivity index (χ3n) is 5.64. The molecule has 0 saturated heterocycles. The average Bonchev–Trinajstić information content (AvgIpc) is 2.92. The Balaban J connectivity index is 2.20. The minimum Gasteiger partial charge on any atom is -0.0714 e. The number of fused-ring (bicyclic) bond motifs is 1. The first-order valence-electron chi connectivity index (χ1n) is 9.95. The Hall–Kier alpha value is -1.60. The molecule has 0 spiro atoms. The summed E-state index contributed by atoms with van der Waals surface area (Å²) in [5.74, 6) is 0. The Morgan fingerprint density at radius 1 is 0.769 bits per heavy atom. The Morgan fingerprint density at radius 3 is 1.81 bits per heavy atom. The molecule has 0 nitrogen and oxygen atoms in total. The molecule has 26 heavy (non-hydrogen) atoms. The minimum absolute atomic E-state index is 0.160. The largest absolute Gasteiger partial charge is 0.0714 e. The van der Waals surface area contributed by atoms with Crippen LogP contribution in [-0.4, -0.2) is 8.80 Å². The molecule has 0 bridgehead atoms. The number of hydrogen-bond acceptors (Lipinski definition) is 0. The van der Waals surface area contributed by atoms with Crippen molar-refractivity contribution in [2.45, 2.75) is 71.0 Å². The first-order chi connectivity index (χ1) is 12.0. The molecule has 0 aromatic heterocycles. The quantitative estimate of drug-likeness (QED) is 0.507. The van der Waals surface area contributed by atoms with Crippen LogP contribution in [0, 0.1) is 0 Å². The molecule has 0 saturated carbocycles. The lowest BCUT2D eigenvalue weighted by Gasteiger charge is -2.28. The third-order valence-corrected chi connectivity index (χ3v) is 7.69. The van der Waals surface area contributed by atoms with Crippen molar-refractivity contribution in [1.82, 2.24) is 0 Å². The second kappa shape index (κ2) is 6.53. The lowest BCUT2D eigenvalue weighted by Crippen LogP contribution is -2.19. The molecule has 0 N–H and O–H groups in total. The number of allylic oxidation sites excluding steroid dienone is 1. The smallest absolute Gasteiger partial charge is 0.0444 e. The van der Waals surface area contributed by atoms with Gasteiger partial charge in [0.25, 0.3) is 0 Å². The molecule has 0 amide bonds. The summed E-state index contributed by atoms with van der Waals surface area (Å²) in [6.07, 6.45) is 2.46. The van der Waals surface area contributed by atoms with E-state index in [1.165, 1.54) is 22.3 Å². The number of benzene rings is 2. The fraction of sp³-hybridized carbons (Fsp3) is 0.440. The summed E-state index contributed by atoms with van der Waals surface area (Å²) in [6.45, 7) is 18.9. The van der Waals surface area contributed by atoms with Crippen LogP contribution in [0.15, 0.2) is 42.5 Å². The van der Waals surface area contributed by atoms with E-state index in [2.05, 4.69) is 103 Å². The Labute approximate surface area is 162 Å². The summed E-state index contributed by atoms with van der Waals surface area (Å²) in [4.78, 5) is 0. The first-order valence-corrected chi connectivity index (χ1v) is 12.9. The molecule has 138 valence electrons. The highest BCUT2D eigenvalue weighted by atomic mass is 28.3. The molecular formula is C25H34Si. The second-order valence-corrected chi connectivity index (χ2v) is 13.4. The zero-order valence-electron chi connectivity index (χ0n) is 17.8. The Kier molecular flexibility index (Phi) is 4.81. The fourth-order valence-corrected chi connectivity index (χ4v) is 6.02. The van der Waals surface area contributed by atoms with Crippen molar-refractivity contribution in [1.29, 1.82) is 0 Å². The molecule has 0 radical (unpaired) electrons. The lowest BCUT2D eigenvalue weighted by molar-refractivity contribution is 0.568. The molecule has 1 atom stereocenters. The van der Waals surface area contributed by atoms with Crippen molar-refractivity contribution in [3.8, 4) is 0 Å². The minimum atomic E-state index is -0.871. The molecule has 1 aliphatic rings. The van der Waals surface area contributed by atoms with E-state index in [0.717, 1.165) is 0 Å². The lowest BCUT2D eigenvalue weighted by atomic mass is 9.78. The average molecular weight is 363 g/mol. The van der Waals surface area contributed by atoms with Gasteiger partial charge in [0, 0.05) is 14.3 Å². The Morgan fingerprint density at radius 2 is 1.31 bits per heavy atom. The van der Waals surface area contributed by atoms with Gasteiger partial charge in [-0.1, -0.05) is 103 Å². The van der Waals surface area contributed by atoms with Gasteiger partial charge in [-0.2, -0.15) is 0 Å². The van der Waals surface area contributed by atoms with Gasteiger partial charge in [-0.3, -0.25) is 0 Å². The maximum atomic E-state index is 2.49. The van der Waals surface area contributed by atoms with Crippen LogP contribution in [-0.2, 0) is 10.8 Å². The maximum absolute atomic E-state index is 2.49. The van der Waals surface area contributed by atoms with Crippen molar-refractivity contribution in [2.75, 3.05) is 0 Å². The van der Waals surface area contributed by atoms with Crippen LogP contribution in [0.3, 0.4) is 0 Å². The summed E-state index contributed by atoms with van der Waals surface area (Å²) in [5.41, 5.74) is 9.78. The highest BCUT2D eigenvalue weighted by Crippen LogP contribution is 2.45. The predicted octanol–water partition coefficient (Wildman–Crippen LogP) is 6.95. The zero-order chi connectivity index (χ0) is 19.3. The van der Waals surface area contributed by atoms with Crippen LogP contribution >= 0.6 is 0 Å². The standard InChI is InChI=1S/C25H34Si/c1-24(2,3)19-13-18(14-20(16-19)25(4,5)6)22-15-17-11-9-10-12-21(17)23(22)26(7)8/h9-16,23,26H,1-8H3. The SMILES string of the molecule is C[SiH](C)C1C(c2cc(C(C)(C)C)cc(C(C)(C)C)c2)=Cc2ccccc21. The fourth-order valence-electron chi connectivity index (χ4n) is 3.99. The van der Waals surface area contributed by atoms with Crippen LogP contribution in [0.25, 0.3) is 11.6 Å². The van der Waals surface area contributed by atoms with Gasteiger partial charge in [-0.25, -0.2) is 0 Å². The molecular weight excluding hydrogens is 328 g/mol. The van der Waals surface area contributed by atoms with Gasteiger partial charge in [0.05, 0.1) is 0 Å². The molecule has 2 aromatic carbocycles. The van der Waals surface area contributed by atoms with Crippen molar-refractivity contribution >= 4 is 20.4 Å². The summed E-state index contributed by atoms with van der Waals surface area (Å²) in [6, 6.07) is 16.3. The molecule has 0 heterocycles. The Bertz CT molecular complexity index is 809. The first kappa shape index (κ1) is 19.2. The van der Waals surface area contributed by atoms with Gasteiger partial charge < -0.3 is 0 Å². The molecule has 1 heteroatoms. The molecule has 3 rings (SSSR count). The van der Waals surface area contributed by atoms with Crippen molar-refractivity contribution < 1.29 is 0 Å². The summed E-state index contributed by atoms with van der Waals surface area (Å²) >= 11 is 0. The number of rotatable bonds is 2. The van der Waals surface area contributed by atoms with Gasteiger partial charge in [-0.05, 0) is 44.2 Å². The van der Waals surface area contributed by atoms with E-state index in [-0.39, 0.29) is 10.8 Å². The molecule has 2 aromatic rings. The topological polar surface area (TPSA) is 0 Å². The molecule has 0 fully saturated rings. The van der Waals surface area contributed by atoms with E-state index in [1.54, 1.807) is 11.1 Å². The molecule has 1 unspecified atom stereocenters. The summed E-state index contributed by atoms with van der Waals surface area (Å²) in [7, 11) is -0.871. The monoisotopic (exact) mass is 362 g/mol. The van der Waals surface area contributed by atoms with Crippen molar-refractivity contribution in [3.05, 3.63) is 70.3 Å². The van der Waals surface area contributed by atoms with Crippen LogP contribution < -0.4 is 0 Å². The maximum Gasteiger partial charge on any atom is 0.0444 e. The summed E-state index contributed by atoms with van der Waals surface area (Å²) < 4.78 is 0. The highest BCUT2D eigenvalue weighted by Gasteiger charge is 2.30. The third kappa shape index (κ3) is 3.60. The van der Waals surface area contributed by atoms with E-state index in [1.807, 2.05) is 0 Å². The predicted molar refractivity (Wildman–Crippen MR) is 120 cm³/mol. The summed E-state index contributed by atoms with van der Waals surface area (Å²) in [5, 5.41) is 0. The number of hydrogen-bond donors (Lipinski definition) is 0. The van der Waals surface area contributed by atoms with Crippen LogP contribution in [0.2, 0.25) is 13.1 Å². The molecule has 1 aliphatic carbocycles. The zero-order valence-corrected chi connectivity index (χ0v) is 18.9. The van der Waals surface area contributed by atoms with E-state index < -0.39 is 8.80 Å². The van der Waals surface area contributed by atoms with E-state index in [9.17, 15) is 0 Å². The van der Waals surface area contributed by atoms with Crippen molar-refractivity contribution in [3.63, 3.8) is 0 Å². The van der Waals surface area contributed by atoms with Gasteiger partial charge >= 0.3 is 0 Å². The van der Waals surface area contributed by atoms with E-state index in [0.29, 0.717) is 5.54 Å².